The summed E-state index contributed by atoms with van der Waals surface area (Å²) >= 11 is 1.35. The molecule has 0 aliphatic heterocycles. The Bertz CT molecular complexity index is 1110. The molecule has 4 nitrogen and oxygen atoms in total. The van der Waals surface area contributed by atoms with Gasteiger partial charge in [-0.2, -0.15) is 0 Å². The average molecular weight is 363 g/mol. The van der Waals surface area contributed by atoms with Crippen LogP contribution in [0.25, 0.3) is 22.2 Å². The average Bonchev–Trinajstić information content (AvgIpc) is 3.10. The minimum atomic E-state index is -0.405. The van der Waals surface area contributed by atoms with Crippen LogP contribution in [0.5, 0.6) is 0 Å². The highest BCUT2D eigenvalue weighted by molar-refractivity contribution is 7.14. The molecule has 0 saturated heterocycles. The number of amides is 1. The van der Waals surface area contributed by atoms with E-state index >= 15 is 0 Å². The zero-order valence-electron chi connectivity index (χ0n) is 13.9. The molecule has 0 spiro atoms. The Hall–Kier alpha value is -3.12. The first-order valence-electron chi connectivity index (χ1n) is 7.99. The van der Waals surface area contributed by atoms with Gasteiger partial charge in [0.1, 0.15) is 5.82 Å². The zero-order valence-corrected chi connectivity index (χ0v) is 14.7. The Labute approximate surface area is 153 Å². The first-order chi connectivity index (χ1) is 12.6. The molecule has 4 aromatic rings. The molecule has 0 aliphatic rings. The van der Waals surface area contributed by atoms with E-state index in [1.54, 1.807) is 19.1 Å². The number of rotatable bonds is 3. The molecule has 0 bridgehead atoms. The van der Waals surface area contributed by atoms with Gasteiger partial charge in [0.25, 0.3) is 5.91 Å². The van der Waals surface area contributed by atoms with Crippen LogP contribution in [0.1, 0.15) is 16.1 Å². The summed E-state index contributed by atoms with van der Waals surface area (Å²) in [6, 6.07) is 15.6. The maximum Gasteiger partial charge on any atom is 0.258 e. The highest BCUT2D eigenvalue weighted by Crippen LogP contribution is 2.26. The third kappa shape index (κ3) is 3.19. The molecule has 128 valence electrons. The molecule has 0 saturated carbocycles. The summed E-state index contributed by atoms with van der Waals surface area (Å²) in [5, 5.41) is 5.67. The molecular weight excluding hydrogens is 349 g/mol. The number of nitrogens with one attached hydrogen (secondary N) is 1. The standard InChI is InChI=1S/C20H14FN3OS/c1-12-9-16(15-10-14(21)7-8-17(15)22-12)19(25)24-20-23-18(11-26-20)13-5-3-2-4-6-13/h2-11H,1H3,(H,23,24,25). The summed E-state index contributed by atoms with van der Waals surface area (Å²) in [4.78, 5) is 21.6. The molecule has 2 heterocycles. The van der Waals surface area contributed by atoms with Gasteiger partial charge in [-0.25, -0.2) is 9.37 Å². The zero-order chi connectivity index (χ0) is 18.1. The van der Waals surface area contributed by atoms with Crippen molar-refractivity contribution < 1.29 is 9.18 Å². The molecule has 0 unspecified atom stereocenters. The van der Waals surface area contributed by atoms with Gasteiger partial charge in [-0.15, -0.1) is 11.3 Å². The Balaban J connectivity index is 1.66. The topological polar surface area (TPSA) is 54.9 Å². The van der Waals surface area contributed by atoms with E-state index in [4.69, 9.17) is 0 Å². The number of benzene rings is 2. The minimum absolute atomic E-state index is 0.333. The van der Waals surface area contributed by atoms with E-state index in [-0.39, 0.29) is 5.91 Å². The molecule has 26 heavy (non-hydrogen) atoms. The van der Waals surface area contributed by atoms with Crippen LogP contribution in [0.2, 0.25) is 0 Å². The van der Waals surface area contributed by atoms with E-state index in [9.17, 15) is 9.18 Å². The quantitative estimate of drug-likeness (QED) is 0.554. The van der Waals surface area contributed by atoms with Crippen LogP contribution in [-0.4, -0.2) is 15.9 Å². The number of carbonyl (C=O) groups excluding carboxylic acids is 1. The van der Waals surface area contributed by atoms with Crippen molar-refractivity contribution in [3.63, 3.8) is 0 Å². The summed E-state index contributed by atoms with van der Waals surface area (Å²) in [6.07, 6.45) is 0. The predicted octanol–water partition coefficient (Wildman–Crippen LogP) is 5.06. The molecule has 2 aromatic heterocycles. The van der Waals surface area contributed by atoms with Crippen molar-refractivity contribution >= 4 is 33.3 Å². The number of thiazole rings is 1. The van der Waals surface area contributed by atoms with Crippen molar-refractivity contribution in [1.82, 2.24) is 9.97 Å². The Kier molecular flexibility index (Phi) is 4.18. The Morgan fingerprint density at radius 3 is 2.69 bits per heavy atom. The van der Waals surface area contributed by atoms with Crippen LogP contribution in [-0.2, 0) is 0 Å². The van der Waals surface area contributed by atoms with Crippen LogP contribution < -0.4 is 5.32 Å². The number of aromatic nitrogens is 2. The van der Waals surface area contributed by atoms with Crippen molar-refractivity contribution in [2.24, 2.45) is 0 Å². The van der Waals surface area contributed by atoms with E-state index in [2.05, 4.69) is 15.3 Å². The van der Waals surface area contributed by atoms with Gasteiger partial charge in [-0.3, -0.25) is 15.1 Å². The van der Waals surface area contributed by atoms with E-state index in [1.165, 1.54) is 23.5 Å². The number of halogens is 1. The molecule has 0 atom stereocenters. The lowest BCUT2D eigenvalue weighted by atomic mass is 10.1. The number of carbonyl (C=O) groups is 1. The largest absolute Gasteiger partial charge is 0.298 e. The fourth-order valence-electron chi connectivity index (χ4n) is 2.76. The Morgan fingerprint density at radius 1 is 1.08 bits per heavy atom. The molecule has 1 N–H and O–H groups in total. The number of aryl methyl sites for hydroxylation is 1. The lowest BCUT2D eigenvalue weighted by molar-refractivity contribution is 0.102. The molecule has 0 radical (unpaired) electrons. The maximum absolute atomic E-state index is 13.6. The monoisotopic (exact) mass is 363 g/mol. The number of pyridine rings is 1. The first kappa shape index (κ1) is 16.4. The molecule has 4 rings (SSSR count). The second-order valence-corrected chi connectivity index (χ2v) is 6.69. The highest BCUT2D eigenvalue weighted by atomic mass is 32.1. The lowest BCUT2D eigenvalue weighted by Crippen LogP contribution is -2.13. The number of fused-ring (bicyclic) bond motifs is 1. The molecule has 2 aromatic carbocycles. The van der Waals surface area contributed by atoms with Crippen molar-refractivity contribution in [1.29, 1.82) is 0 Å². The molecule has 0 fully saturated rings. The van der Waals surface area contributed by atoms with Crippen LogP contribution >= 0.6 is 11.3 Å². The van der Waals surface area contributed by atoms with Gasteiger partial charge >= 0.3 is 0 Å². The number of hydrogen-bond acceptors (Lipinski definition) is 4. The number of anilines is 1. The van der Waals surface area contributed by atoms with Gasteiger partial charge in [0.15, 0.2) is 5.13 Å². The second kappa shape index (κ2) is 6.65. The van der Waals surface area contributed by atoms with Gasteiger partial charge in [0.05, 0.1) is 16.8 Å². The van der Waals surface area contributed by atoms with Gasteiger partial charge in [-0.1, -0.05) is 30.3 Å². The number of hydrogen-bond donors (Lipinski definition) is 1. The van der Waals surface area contributed by atoms with E-state index in [0.717, 1.165) is 11.3 Å². The fourth-order valence-corrected chi connectivity index (χ4v) is 3.47. The second-order valence-electron chi connectivity index (χ2n) is 5.83. The minimum Gasteiger partial charge on any atom is -0.298 e. The molecule has 0 aliphatic carbocycles. The van der Waals surface area contributed by atoms with Crippen LogP contribution in [0.3, 0.4) is 0 Å². The van der Waals surface area contributed by atoms with E-state index in [1.807, 2.05) is 35.7 Å². The normalized spacial score (nSPS) is 10.8. The summed E-state index contributed by atoms with van der Waals surface area (Å²) in [6.45, 7) is 1.80. The van der Waals surface area contributed by atoms with Crippen LogP contribution in [0.15, 0.2) is 60.0 Å². The third-order valence-electron chi connectivity index (χ3n) is 3.94. The first-order valence-corrected chi connectivity index (χ1v) is 8.87. The van der Waals surface area contributed by atoms with Gasteiger partial charge in [-0.05, 0) is 31.2 Å². The smallest absolute Gasteiger partial charge is 0.258 e. The summed E-state index contributed by atoms with van der Waals surface area (Å²) < 4.78 is 13.6. The van der Waals surface area contributed by atoms with Crippen molar-refractivity contribution in [3.8, 4) is 11.3 Å². The summed E-state index contributed by atoms with van der Waals surface area (Å²) in [7, 11) is 0. The Morgan fingerprint density at radius 2 is 1.88 bits per heavy atom. The maximum atomic E-state index is 13.6. The lowest BCUT2D eigenvalue weighted by Gasteiger charge is -2.07. The van der Waals surface area contributed by atoms with Crippen molar-refractivity contribution in [2.45, 2.75) is 6.92 Å². The van der Waals surface area contributed by atoms with E-state index in [0.29, 0.717) is 27.3 Å². The summed E-state index contributed by atoms with van der Waals surface area (Å²) in [5.41, 5.74) is 3.44. The number of nitrogens with zero attached hydrogens (tertiary/aromatic N) is 2. The fraction of sp³-hybridized carbons (Fsp3) is 0.0500. The molecular formula is C20H14FN3OS. The highest BCUT2D eigenvalue weighted by Gasteiger charge is 2.15. The predicted molar refractivity (Wildman–Crippen MR) is 102 cm³/mol. The van der Waals surface area contributed by atoms with Crippen LogP contribution in [0.4, 0.5) is 9.52 Å². The van der Waals surface area contributed by atoms with E-state index < -0.39 is 5.82 Å². The van der Waals surface area contributed by atoms with Crippen LogP contribution in [0, 0.1) is 12.7 Å². The van der Waals surface area contributed by atoms with Gasteiger partial charge in [0, 0.05) is 22.0 Å². The molecule has 1 amide bonds. The SMILES string of the molecule is Cc1cc(C(=O)Nc2nc(-c3ccccc3)cs2)c2cc(F)ccc2n1. The third-order valence-corrected chi connectivity index (χ3v) is 4.70. The molecule has 6 heteroatoms. The van der Waals surface area contributed by atoms with Gasteiger partial charge in [0.2, 0.25) is 0 Å². The van der Waals surface area contributed by atoms with Crippen molar-refractivity contribution in [3.05, 3.63) is 77.1 Å². The van der Waals surface area contributed by atoms with Crippen molar-refractivity contribution in [2.75, 3.05) is 5.32 Å². The van der Waals surface area contributed by atoms with Gasteiger partial charge < -0.3 is 0 Å². The summed E-state index contributed by atoms with van der Waals surface area (Å²) in [5.74, 6) is -0.738.